The number of carbonyl (C=O) groups is 3. The third-order valence-electron chi connectivity index (χ3n) is 4.21. The number of aliphatic carboxylic acids is 1. The normalized spacial score (nSPS) is 12.3. The lowest BCUT2D eigenvalue weighted by Gasteiger charge is -2.21. The molecule has 0 bridgehead atoms. The van der Waals surface area contributed by atoms with E-state index in [2.05, 4.69) is 10.6 Å². The molecule has 2 atom stereocenters. The van der Waals surface area contributed by atoms with E-state index in [9.17, 15) is 23.9 Å². The van der Waals surface area contributed by atoms with Crippen molar-refractivity contribution in [1.82, 2.24) is 10.6 Å². The first kappa shape index (κ1) is 21.6. The molecule has 0 aliphatic rings. The van der Waals surface area contributed by atoms with Crippen LogP contribution >= 0.6 is 0 Å². The summed E-state index contributed by atoms with van der Waals surface area (Å²) in [7, 11) is 0. The van der Waals surface area contributed by atoms with Crippen LogP contribution in [0.3, 0.4) is 0 Å². The van der Waals surface area contributed by atoms with E-state index >= 15 is 0 Å². The monoisotopic (exact) mass is 397 g/mol. The van der Waals surface area contributed by atoms with Gasteiger partial charge in [0, 0.05) is 19.8 Å². The van der Waals surface area contributed by atoms with Crippen LogP contribution in [0.15, 0.2) is 48.5 Å². The van der Waals surface area contributed by atoms with Crippen LogP contribution in [0, 0.1) is 17.1 Å². The summed E-state index contributed by atoms with van der Waals surface area (Å²) in [6.07, 6.45) is -0.138. The van der Waals surface area contributed by atoms with Gasteiger partial charge in [-0.2, -0.15) is 5.26 Å². The Morgan fingerprint density at radius 3 is 2.24 bits per heavy atom. The van der Waals surface area contributed by atoms with Crippen LogP contribution in [-0.4, -0.2) is 35.0 Å². The molecule has 2 rings (SSSR count). The fourth-order valence-electron chi connectivity index (χ4n) is 2.76. The summed E-state index contributed by atoms with van der Waals surface area (Å²) in [4.78, 5) is 35.7. The summed E-state index contributed by atoms with van der Waals surface area (Å²) < 4.78 is 13.9. The van der Waals surface area contributed by atoms with Gasteiger partial charge in [-0.05, 0) is 29.3 Å². The predicted octanol–water partition coefficient (Wildman–Crippen LogP) is 1.56. The van der Waals surface area contributed by atoms with Crippen molar-refractivity contribution in [2.24, 2.45) is 0 Å². The van der Waals surface area contributed by atoms with Gasteiger partial charge in [-0.25, -0.2) is 9.18 Å². The second-order valence-electron chi connectivity index (χ2n) is 6.46. The minimum Gasteiger partial charge on any atom is -0.480 e. The van der Waals surface area contributed by atoms with E-state index < -0.39 is 35.7 Å². The van der Waals surface area contributed by atoms with Gasteiger partial charge in [-0.3, -0.25) is 9.59 Å². The predicted molar refractivity (Wildman–Crippen MR) is 102 cm³/mol. The third kappa shape index (κ3) is 6.43. The van der Waals surface area contributed by atoms with Crippen LogP contribution < -0.4 is 10.6 Å². The second-order valence-corrected chi connectivity index (χ2v) is 6.46. The molecule has 0 fully saturated rings. The van der Waals surface area contributed by atoms with E-state index in [1.807, 2.05) is 6.07 Å². The van der Waals surface area contributed by atoms with Crippen LogP contribution in [-0.2, 0) is 27.2 Å². The van der Waals surface area contributed by atoms with Gasteiger partial charge in [-0.1, -0.05) is 30.3 Å². The minimum absolute atomic E-state index is 0.0146. The lowest BCUT2D eigenvalue weighted by Crippen LogP contribution is -2.52. The van der Waals surface area contributed by atoms with Crippen molar-refractivity contribution >= 4 is 17.8 Å². The molecule has 0 aliphatic heterocycles. The number of nitriles is 1. The fourth-order valence-corrected chi connectivity index (χ4v) is 2.76. The van der Waals surface area contributed by atoms with Crippen LogP contribution in [0.1, 0.15) is 23.6 Å². The van der Waals surface area contributed by atoms with Gasteiger partial charge < -0.3 is 15.7 Å². The molecule has 2 aromatic carbocycles. The molecular formula is C21H20FN3O4. The number of carboxylic acid groups (broad SMARTS) is 1. The van der Waals surface area contributed by atoms with Crippen LogP contribution in [0.4, 0.5) is 4.39 Å². The van der Waals surface area contributed by atoms with Crippen molar-refractivity contribution in [1.29, 1.82) is 5.26 Å². The molecule has 0 saturated carbocycles. The number of amides is 2. The Labute approximate surface area is 167 Å². The molecule has 0 heterocycles. The first-order valence-corrected chi connectivity index (χ1v) is 8.83. The molecular weight excluding hydrogens is 377 g/mol. The number of rotatable bonds is 8. The average Bonchev–Trinajstić information content (AvgIpc) is 2.68. The smallest absolute Gasteiger partial charge is 0.326 e. The van der Waals surface area contributed by atoms with E-state index in [-0.39, 0.29) is 18.4 Å². The summed E-state index contributed by atoms with van der Waals surface area (Å²) in [5, 5.41) is 23.1. The Bertz CT molecular complexity index is 938. The Morgan fingerprint density at radius 1 is 1.03 bits per heavy atom. The highest BCUT2D eigenvalue weighted by Gasteiger charge is 2.27. The van der Waals surface area contributed by atoms with Crippen LogP contribution in [0.2, 0.25) is 0 Å². The van der Waals surface area contributed by atoms with Gasteiger partial charge in [0.15, 0.2) is 0 Å². The summed E-state index contributed by atoms with van der Waals surface area (Å²) >= 11 is 0. The fraction of sp³-hybridized carbons (Fsp3) is 0.238. The molecule has 0 aromatic heterocycles. The maximum Gasteiger partial charge on any atom is 0.326 e. The molecule has 0 aliphatic carbocycles. The molecule has 0 unspecified atom stereocenters. The molecule has 7 nitrogen and oxygen atoms in total. The second kappa shape index (κ2) is 9.99. The van der Waals surface area contributed by atoms with Crippen LogP contribution in [0.5, 0.6) is 0 Å². The maximum absolute atomic E-state index is 13.9. The Hall–Kier alpha value is -3.73. The number of nitrogens with one attached hydrogen (secondary N) is 2. The number of halogens is 1. The van der Waals surface area contributed by atoms with Crippen molar-refractivity contribution in [2.45, 2.75) is 31.8 Å². The summed E-state index contributed by atoms with van der Waals surface area (Å²) in [6, 6.07) is 11.7. The molecule has 2 amide bonds. The van der Waals surface area contributed by atoms with Gasteiger partial charge >= 0.3 is 5.97 Å². The highest BCUT2D eigenvalue weighted by atomic mass is 19.1. The number of carbonyl (C=O) groups excluding carboxylic acids is 2. The highest BCUT2D eigenvalue weighted by molar-refractivity contribution is 5.90. The standard InChI is InChI=1S/C21H20FN3O4/c1-13(26)24-18(11-16-4-2-3-5-17(16)22)20(27)25-19(21(28)29)10-14-6-8-15(12-23)9-7-14/h2-9,18-19H,10-11H2,1H3,(H,24,26)(H,25,27)(H,28,29)/t18-,19-/m0/s1. The molecule has 0 spiro atoms. The van der Waals surface area contributed by atoms with E-state index in [1.54, 1.807) is 30.3 Å². The quantitative estimate of drug-likeness (QED) is 0.624. The number of hydrogen-bond donors (Lipinski definition) is 3. The van der Waals surface area contributed by atoms with Crippen molar-refractivity contribution in [3.05, 3.63) is 71.0 Å². The van der Waals surface area contributed by atoms with Crippen molar-refractivity contribution in [3.63, 3.8) is 0 Å². The van der Waals surface area contributed by atoms with Gasteiger partial charge in [0.25, 0.3) is 0 Å². The zero-order chi connectivity index (χ0) is 21.4. The van der Waals surface area contributed by atoms with Gasteiger partial charge in [0.2, 0.25) is 11.8 Å². The Morgan fingerprint density at radius 2 is 1.69 bits per heavy atom. The van der Waals surface area contributed by atoms with Gasteiger partial charge in [0.05, 0.1) is 11.6 Å². The first-order chi connectivity index (χ1) is 13.8. The van der Waals surface area contributed by atoms with Gasteiger partial charge in [0.1, 0.15) is 17.9 Å². The lowest BCUT2D eigenvalue weighted by atomic mass is 10.0. The summed E-state index contributed by atoms with van der Waals surface area (Å²) in [5.74, 6) is -3.01. The van der Waals surface area contributed by atoms with Crippen molar-refractivity contribution in [3.8, 4) is 6.07 Å². The zero-order valence-electron chi connectivity index (χ0n) is 15.7. The molecule has 29 heavy (non-hydrogen) atoms. The average molecular weight is 397 g/mol. The molecule has 2 aromatic rings. The molecule has 3 N–H and O–H groups in total. The van der Waals surface area contributed by atoms with E-state index in [0.29, 0.717) is 11.1 Å². The number of nitrogens with zero attached hydrogens (tertiary/aromatic N) is 1. The maximum atomic E-state index is 13.9. The van der Waals surface area contributed by atoms with Crippen LogP contribution in [0.25, 0.3) is 0 Å². The van der Waals surface area contributed by atoms with Gasteiger partial charge in [-0.15, -0.1) is 0 Å². The molecule has 0 radical (unpaired) electrons. The first-order valence-electron chi connectivity index (χ1n) is 8.83. The van der Waals surface area contributed by atoms with Crippen molar-refractivity contribution < 1.29 is 23.9 Å². The third-order valence-corrected chi connectivity index (χ3v) is 4.21. The summed E-state index contributed by atoms with van der Waals surface area (Å²) in [6.45, 7) is 1.22. The SMILES string of the molecule is CC(=O)N[C@@H](Cc1ccccc1F)C(=O)N[C@@H](Cc1ccc(C#N)cc1)C(=O)O. The highest BCUT2D eigenvalue weighted by Crippen LogP contribution is 2.11. The zero-order valence-corrected chi connectivity index (χ0v) is 15.7. The van der Waals surface area contributed by atoms with E-state index in [4.69, 9.17) is 5.26 Å². The number of hydrogen-bond acceptors (Lipinski definition) is 4. The Balaban J connectivity index is 2.14. The molecule has 150 valence electrons. The largest absolute Gasteiger partial charge is 0.480 e. The summed E-state index contributed by atoms with van der Waals surface area (Å²) in [5.41, 5.74) is 1.27. The molecule has 0 saturated heterocycles. The lowest BCUT2D eigenvalue weighted by molar-refractivity contribution is -0.142. The topological polar surface area (TPSA) is 119 Å². The molecule has 8 heteroatoms. The van der Waals surface area contributed by atoms with E-state index in [0.717, 1.165) is 0 Å². The van der Waals surface area contributed by atoms with E-state index in [1.165, 1.54) is 25.1 Å². The number of carboxylic acids is 1. The minimum atomic E-state index is -1.26. The number of benzene rings is 2. The van der Waals surface area contributed by atoms with Crippen molar-refractivity contribution in [2.75, 3.05) is 0 Å². The Kier molecular flexibility index (Phi) is 7.43.